The summed E-state index contributed by atoms with van der Waals surface area (Å²) in [5.41, 5.74) is 21.6. The first kappa shape index (κ1) is 36.8. The van der Waals surface area contributed by atoms with Gasteiger partial charge in [0.05, 0.1) is 5.54 Å². The van der Waals surface area contributed by atoms with Gasteiger partial charge in [-0.2, -0.15) is 0 Å². The fourth-order valence-corrected chi connectivity index (χ4v) is 12.3. The van der Waals surface area contributed by atoms with Crippen LogP contribution in [0.5, 0.6) is 0 Å². The topological polar surface area (TPSA) is 9.72 Å². The van der Waals surface area contributed by atoms with Gasteiger partial charge >= 0.3 is 0 Å². The maximum atomic E-state index is 2.78. The van der Waals surface area contributed by atoms with Crippen molar-refractivity contribution in [2.24, 2.45) is 0 Å². The lowest BCUT2D eigenvalue weighted by atomic mass is 9.28. The number of anilines is 8. The smallest absolute Gasteiger partial charge is 0.252 e. The van der Waals surface area contributed by atoms with Crippen LogP contribution >= 0.6 is 0 Å². The van der Waals surface area contributed by atoms with Crippen molar-refractivity contribution < 1.29 is 0 Å². The first-order chi connectivity index (χ1) is 28.0. The van der Waals surface area contributed by atoms with Gasteiger partial charge in [-0.05, 0) is 129 Å². The predicted molar refractivity (Wildman–Crippen MR) is 253 cm³/mol. The van der Waals surface area contributed by atoms with Gasteiger partial charge in [0.15, 0.2) is 0 Å². The lowest BCUT2D eigenvalue weighted by Gasteiger charge is -2.52. The molecule has 0 spiro atoms. The highest BCUT2D eigenvalue weighted by Crippen LogP contribution is 2.62. The van der Waals surface area contributed by atoms with E-state index in [2.05, 4.69) is 205 Å². The van der Waals surface area contributed by atoms with E-state index >= 15 is 0 Å². The zero-order valence-electron chi connectivity index (χ0n) is 36.8. The summed E-state index contributed by atoms with van der Waals surface area (Å²) in [4.78, 5) is 8.04. The minimum Gasteiger partial charge on any atom is -0.334 e. The maximum Gasteiger partial charge on any atom is 0.252 e. The zero-order chi connectivity index (χ0) is 41.0. The van der Waals surface area contributed by atoms with Crippen molar-refractivity contribution in [3.8, 4) is 0 Å². The van der Waals surface area contributed by atoms with Gasteiger partial charge in [-0.3, -0.25) is 0 Å². The van der Waals surface area contributed by atoms with Crippen LogP contribution in [0, 0.1) is 0 Å². The van der Waals surface area contributed by atoms with E-state index in [4.69, 9.17) is 0 Å². The molecule has 4 heterocycles. The van der Waals surface area contributed by atoms with Gasteiger partial charge in [-0.1, -0.05) is 142 Å². The van der Waals surface area contributed by atoms with E-state index in [1.54, 1.807) is 0 Å². The monoisotopic (exact) mass is 771 g/mol. The van der Waals surface area contributed by atoms with Crippen LogP contribution in [0.2, 0.25) is 0 Å². The normalized spacial score (nSPS) is 21.9. The molecule has 0 aromatic heterocycles. The van der Waals surface area contributed by atoms with Gasteiger partial charge in [0.2, 0.25) is 0 Å². The number of hydrogen-bond donors (Lipinski definition) is 0. The third kappa shape index (κ3) is 4.84. The number of nitrogens with zero attached hydrogens (tertiary/aromatic N) is 3. The molecule has 1 saturated carbocycles. The van der Waals surface area contributed by atoms with Crippen molar-refractivity contribution >= 4 is 68.6 Å². The summed E-state index contributed by atoms with van der Waals surface area (Å²) in [6, 6.07) is 47.7. The van der Waals surface area contributed by atoms with Crippen LogP contribution < -0.4 is 31.1 Å². The average Bonchev–Trinajstić information content (AvgIpc) is 3.42. The molecule has 2 atom stereocenters. The zero-order valence-corrected chi connectivity index (χ0v) is 36.8. The van der Waals surface area contributed by atoms with E-state index in [9.17, 15) is 0 Å². The Morgan fingerprint density at radius 2 is 0.915 bits per heavy atom. The maximum absolute atomic E-state index is 2.78. The Bertz CT molecular complexity index is 2570. The molecule has 2 unspecified atom stereocenters. The molecule has 0 radical (unpaired) electrons. The molecule has 4 heteroatoms. The Labute approximate surface area is 353 Å². The molecule has 6 aromatic carbocycles. The van der Waals surface area contributed by atoms with Crippen LogP contribution in [0.4, 0.5) is 45.5 Å². The van der Waals surface area contributed by atoms with Crippen molar-refractivity contribution in [2.45, 2.75) is 122 Å². The minimum atomic E-state index is -0.176. The first-order valence-corrected chi connectivity index (χ1v) is 22.2. The van der Waals surface area contributed by atoms with Crippen molar-refractivity contribution in [3.05, 3.63) is 149 Å². The number of para-hydroxylation sites is 1. The van der Waals surface area contributed by atoms with E-state index in [0.717, 1.165) is 6.42 Å². The fraction of sp³-hybridized carbons (Fsp3) is 0.345. The molecule has 0 amide bonds. The van der Waals surface area contributed by atoms with Gasteiger partial charge in [0.25, 0.3) is 6.71 Å². The molecular formula is C55H58BN3. The standard InChI is InChI=1S/C55H58BN3/c1-51(2,3)35-23-27-37(28-24-35)57-44-21-15-18-41-48(44)56-49-42(53(41,7)8)19-16-22-45(49)58(38-29-25-36(26-30-38)52(4,5)6)47-34-39(33-46(57)50(47)56)59-43-20-12-11-17-40(43)54(9)31-13-14-32-55(54,59)10/h11-12,15-30,33-34H,13-14,31-32H2,1-10H3. The van der Waals surface area contributed by atoms with E-state index < -0.39 is 0 Å². The predicted octanol–water partition coefficient (Wildman–Crippen LogP) is 12.7. The molecule has 296 valence electrons. The van der Waals surface area contributed by atoms with Gasteiger partial charge in [-0.15, -0.1) is 0 Å². The molecule has 0 N–H and O–H groups in total. The third-order valence-corrected chi connectivity index (χ3v) is 15.7. The number of rotatable bonds is 3. The van der Waals surface area contributed by atoms with Gasteiger partial charge in [0, 0.05) is 56.3 Å². The fourth-order valence-electron chi connectivity index (χ4n) is 12.3. The summed E-state index contributed by atoms with van der Waals surface area (Å²) in [5, 5.41) is 0. The second-order valence-electron chi connectivity index (χ2n) is 21.4. The quantitative estimate of drug-likeness (QED) is 0.166. The van der Waals surface area contributed by atoms with E-state index in [1.165, 1.54) is 109 Å². The highest BCUT2D eigenvalue weighted by atomic mass is 15.3. The number of hydrogen-bond acceptors (Lipinski definition) is 3. The Morgan fingerprint density at radius 3 is 1.42 bits per heavy atom. The van der Waals surface area contributed by atoms with Crippen molar-refractivity contribution in [1.29, 1.82) is 0 Å². The van der Waals surface area contributed by atoms with Gasteiger partial charge in [0.1, 0.15) is 0 Å². The summed E-state index contributed by atoms with van der Waals surface area (Å²) in [6.45, 7) is 24.0. The van der Waals surface area contributed by atoms with Crippen LogP contribution in [0.15, 0.2) is 121 Å². The van der Waals surface area contributed by atoms with Crippen LogP contribution in [-0.4, -0.2) is 12.3 Å². The molecular weight excluding hydrogens is 713 g/mol. The molecule has 3 nitrogen and oxygen atoms in total. The van der Waals surface area contributed by atoms with Crippen LogP contribution in [0.1, 0.15) is 123 Å². The minimum absolute atomic E-state index is 0.0535. The van der Waals surface area contributed by atoms with E-state index in [0.29, 0.717) is 0 Å². The van der Waals surface area contributed by atoms with Crippen LogP contribution in [0.3, 0.4) is 0 Å². The largest absolute Gasteiger partial charge is 0.334 e. The molecule has 5 aliphatic rings. The highest BCUT2D eigenvalue weighted by molar-refractivity contribution is 7.01. The first-order valence-electron chi connectivity index (χ1n) is 22.2. The van der Waals surface area contributed by atoms with Crippen LogP contribution in [-0.2, 0) is 21.7 Å². The SMILES string of the molecule is CC(C)(C)c1ccc(N2c3cc(N4c5ccccc5C5(C)CCCCC45C)cc4c3B3c5c2cccc5C(C)(C)c2cccc(c23)N4c2ccc(C(C)(C)C)cc2)cc1. The summed E-state index contributed by atoms with van der Waals surface area (Å²) >= 11 is 0. The molecule has 4 aliphatic heterocycles. The lowest BCUT2D eigenvalue weighted by molar-refractivity contribution is 0.195. The summed E-state index contributed by atoms with van der Waals surface area (Å²) in [5.74, 6) is 0. The lowest BCUT2D eigenvalue weighted by Crippen LogP contribution is -2.67. The van der Waals surface area contributed by atoms with Gasteiger partial charge in [-0.25, -0.2) is 0 Å². The third-order valence-electron chi connectivity index (χ3n) is 15.7. The van der Waals surface area contributed by atoms with E-state index in [1.807, 2.05) is 0 Å². The van der Waals surface area contributed by atoms with Crippen molar-refractivity contribution in [3.63, 3.8) is 0 Å². The molecule has 1 fully saturated rings. The second kappa shape index (κ2) is 12.0. The summed E-state index contributed by atoms with van der Waals surface area (Å²) < 4.78 is 0. The highest BCUT2D eigenvalue weighted by Gasteiger charge is 2.58. The average molecular weight is 772 g/mol. The number of fused-ring (bicyclic) bond motifs is 3. The summed E-state index contributed by atoms with van der Waals surface area (Å²) in [7, 11) is 0. The molecule has 11 rings (SSSR count). The molecule has 6 aromatic rings. The number of benzene rings is 6. The molecule has 0 saturated heterocycles. The Balaban J connectivity index is 1.26. The van der Waals surface area contributed by atoms with Crippen LogP contribution in [0.25, 0.3) is 0 Å². The second-order valence-corrected chi connectivity index (χ2v) is 21.4. The Hall–Kier alpha value is -5.22. The van der Waals surface area contributed by atoms with Crippen molar-refractivity contribution in [2.75, 3.05) is 14.7 Å². The molecule has 0 bridgehead atoms. The van der Waals surface area contributed by atoms with Gasteiger partial charge < -0.3 is 14.7 Å². The Kier molecular flexibility index (Phi) is 7.47. The summed E-state index contributed by atoms with van der Waals surface area (Å²) in [6.07, 6.45) is 4.89. The Morgan fingerprint density at radius 1 is 0.458 bits per heavy atom. The van der Waals surface area contributed by atoms with E-state index in [-0.39, 0.29) is 33.9 Å². The molecule has 1 aliphatic carbocycles. The van der Waals surface area contributed by atoms with Crippen molar-refractivity contribution in [1.82, 2.24) is 0 Å². The molecule has 59 heavy (non-hydrogen) atoms.